The summed E-state index contributed by atoms with van der Waals surface area (Å²) < 4.78 is 0. The van der Waals surface area contributed by atoms with Crippen molar-refractivity contribution in [2.24, 2.45) is 0 Å². The molecule has 0 fully saturated rings. The van der Waals surface area contributed by atoms with E-state index >= 15 is 0 Å². The lowest BCUT2D eigenvalue weighted by Gasteiger charge is -2.24. The topological polar surface area (TPSA) is 37.3 Å². The van der Waals surface area contributed by atoms with Gasteiger partial charge in [-0.2, -0.15) is 0 Å². The quantitative estimate of drug-likeness (QED) is 0.348. The third-order valence-corrected chi connectivity index (χ3v) is 8.09. The summed E-state index contributed by atoms with van der Waals surface area (Å²) >= 11 is 0. The molecule has 0 bridgehead atoms. The molecule has 0 heterocycles. The molecule has 1 N–H and O–H groups in total. The zero-order chi connectivity index (χ0) is 21.9. The molecule has 5 rings (SSSR count). The molecule has 0 atom stereocenters. The van der Waals surface area contributed by atoms with Crippen LogP contribution in [0.15, 0.2) is 121 Å². The second-order valence-electron chi connectivity index (χ2n) is 7.54. The number of carbonyl (C=O) groups is 1. The second kappa shape index (κ2) is 8.78. The summed E-state index contributed by atoms with van der Waals surface area (Å²) in [7, 11) is -0.888. The lowest BCUT2D eigenvalue weighted by Crippen LogP contribution is -2.22. The Bertz CT molecular complexity index is 1360. The first-order chi connectivity index (χ1) is 15.7. The Morgan fingerprint density at radius 2 is 1.16 bits per heavy atom. The minimum atomic E-state index is -0.914. The fourth-order valence-corrected chi connectivity index (χ4v) is 6.68. The monoisotopic (exact) mass is 432 g/mol. The van der Waals surface area contributed by atoms with Crippen molar-refractivity contribution in [1.29, 1.82) is 0 Å². The van der Waals surface area contributed by atoms with Gasteiger partial charge in [-0.05, 0) is 51.8 Å². The Kier molecular flexibility index (Phi) is 5.54. The summed E-state index contributed by atoms with van der Waals surface area (Å²) in [4.78, 5) is 12.2. The fraction of sp³-hybridized carbons (Fsp3) is 0. The molecule has 5 aromatic rings. The molecule has 0 aliphatic heterocycles. The van der Waals surface area contributed by atoms with Crippen molar-refractivity contribution in [3.8, 4) is 11.1 Å². The molecule has 0 radical (unpaired) electrons. The molecule has 0 saturated heterocycles. The average Bonchev–Trinajstić information content (AvgIpc) is 2.85. The minimum Gasteiger partial charge on any atom is -0.478 e. The number of benzene rings is 5. The van der Waals surface area contributed by atoms with Gasteiger partial charge in [-0.25, -0.2) is 4.79 Å². The third-order valence-electron chi connectivity index (χ3n) is 5.60. The van der Waals surface area contributed by atoms with Crippen LogP contribution in [-0.2, 0) is 0 Å². The standard InChI is InChI=1S/C29H21O2P/c30-29(31)26-18-10-9-17-25(26)28-24-16-8-7-11-21(24)19-20-27(28)32(22-12-3-1-4-13-22)23-14-5-2-6-15-23/h1-20H,(H,30,31). The number of aromatic carboxylic acids is 1. The molecule has 0 amide bonds. The predicted molar refractivity (Wildman–Crippen MR) is 135 cm³/mol. The highest BCUT2D eigenvalue weighted by Gasteiger charge is 2.24. The number of carboxylic acids is 1. The van der Waals surface area contributed by atoms with Crippen molar-refractivity contribution in [3.63, 3.8) is 0 Å². The van der Waals surface area contributed by atoms with Crippen LogP contribution in [0.2, 0.25) is 0 Å². The van der Waals surface area contributed by atoms with Crippen LogP contribution in [0.25, 0.3) is 21.9 Å². The number of hydrogen-bond acceptors (Lipinski definition) is 1. The van der Waals surface area contributed by atoms with Gasteiger partial charge in [0, 0.05) is 0 Å². The van der Waals surface area contributed by atoms with Gasteiger partial charge in [-0.1, -0.05) is 115 Å². The van der Waals surface area contributed by atoms with E-state index in [0.717, 1.165) is 27.2 Å². The van der Waals surface area contributed by atoms with E-state index < -0.39 is 13.9 Å². The largest absolute Gasteiger partial charge is 0.478 e. The van der Waals surface area contributed by atoms with Gasteiger partial charge < -0.3 is 5.11 Å². The van der Waals surface area contributed by atoms with E-state index in [1.165, 1.54) is 10.6 Å². The average molecular weight is 432 g/mol. The van der Waals surface area contributed by atoms with Crippen LogP contribution >= 0.6 is 7.92 Å². The fourth-order valence-electron chi connectivity index (χ4n) is 4.20. The van der Waals surface area contributed by atoms with E-state index in [0.29, 0.717) is 5.56 Å². The minimum absolute atomic E-state index is 0.321. The smallest absolute Gasteiger partial charge is 0.336 e. The van der Waals surface area contributed by atoms with Crippen molar-refractivity contribution in [2.75, 3.05) is 0 Å². The molecular weight excluding hydrogens is 411 g/mol. The summed E-state index contributed by atoms with van der Waals surface area (Å²) in [5, 5.41) is 15.8. The van der Waals surface area contributed by atoms with E-state index in [1.54, 1.807) is 12.1 Å². The van der Waals surface area contributed by atoms with E-state index in [2.05, 4.69) is 72.8 Å². The summed E-state index contributed by atoms with van der Waals surface area (Å²) in [6.07, 6.45) is 0. The molecule has 0 unspecified atom stereocenters. The van der Waals surface area contributed by atoms with Gasteiger partial charge in [0.25, 0.3) is 0 Å². The molecule has 2 nitrogen and oxygen atoms in total. The maximum atomic E-state index is 12.2. The molecule has 3 heteroatoms. The molecule has 0 aromatic heterocycles. The number of fused-ring (bicyclic) bond motifs is 1. The predicted octanol–water partition coefficient (Wildman–Crippen LogP) is 5.96. The van der Waals surface area contributed by atoms with Gasteiger partial charge in [-0.3, -0.25) is 0 Å². The highest BCUT2D eigenvalue weighted by molar-refractivity contribution is 7.80. The van der Waals surface area contributed by atoms with Gasteiger partial charge in [0.2, 0.25) is 0 Å². The van der Waals surface area contributed by atoms with Crippen molar-refractivity contribution < 1.29 is 9.90 Å². The number of carboxylic acid groups (broad SMARTS) is 1. The molecule has 0 aliphatic rings. The highest BCUT2D eigenvalue weighted by atomic mass is 31.1. The highest BCUT2D eigenvalue weighted by Crippen LogP contribution is 2.40. The Labute approximate surface area is 188 Å². The molecule has 0 saturated carbocycles. The first kappa shape index (κ1) is 20.2. The summed E-state index contributed by atoms with van der Waals surface area (Å²) in [5.74, 6) is -0.914. The van der Waals surface area contributed by atoms with Crippen molar-refractivity contribution in [2.45, 2.75) is 0 Å². The number of hydrogen-bond donors (Lipinski definition) is 1. The molecule has 32 heavy (non-hydrogen) atoms. The molecule has 0 spiro atoms. The van der Waals surface area contributed by atoms with Crippen LogP contribution < -0.4 is 15.9 Å². The summed E-state index contributed by atoms with van der Waals surface area (Å²) in [6, 6.07) is 40.9. The van der Waals surface area contributed by atoms with Crippen LogP contribution in [0.3, 0.4) is 0 Å². The maximum absolute atomic E-state index is 12.2. The summed E-state index contributed by atoms with van der Waals surface area (Å²) in [5.41, 5.74) is 2.08. The van der Waals surface area contributed by atoms with Gasteiger partial charge in [0.1, 0.15) is 0 Å². The van der Waals surface area contributed by atoms with Gasteiger partial charge in [-0.15, -0.1) is 0 Å². The van der Waals surface area contributed by atoms with Crippen molar-refractivity contribution in [1.82, 2.24) is 0 Å². The summed E-state index contributed by atoms with van der Waals surface area (Å²) in [6.45, 7) is 0. The van der Waals surface area contributed by atoms with Gasteiger partial charge in [0.05, 0.1) is 5.56 Å². The van der Waals surface area contributed by atoms with Crippen molar-refractivity contribution >= 4 is 40.6 Å². The Morgan fingerprint density at radius 3 is 1.81 bits per heavy atom. The van der Waals surface area contributed by atoms with Gasteiger partial charge in [0.15, 0.2) is 0 Å². The Morgan fingerprint density at radius 1 is 0.594 bits per heavy atom. The first-order valence-electron chi connectivity index (χ1n) is 10.5. The SMILES string of the molecule is O=C(O)c1ccccc1-c1c(P(c2ccccc2)c2ccccc2)ccc2ccccc12. The van der Waals surface area contributed by atoms with Crippen LogP contribution in [0, 0.1) is 0 Å². The zero-order valence-electron chi connectivity index (χ0n) is 17.3. The maximum Gasteiger partial charge on any atom is 0.336 e. The van der Waals surface area contributed by atoms with Crippen LogP contribution in [0.5, 0.6) is 0 Å². The van der Waals surface area contributed by atoms with E-state index in [9.17, 15) is 9.90 Å². The second-order valence-corrected chi connectivity index (χ2v) is 9.72. The third kappa shape index (κ3) is 3.70. The van der Waals surface area contributed by atoms with Crippen molar-refractivity contribution in [3.05, 3.63) is 127 Å². The molecule has 0 aliphatic carbocycles. The lowest BCUT2D eigenvalue weighted by molar-refractivity contribution is 0.0697. The zero-order valence-corrected chi connectivity index (χ0v) is 18.2. The Balaban J connectivity index is 1.89. The van der Waals surface area contributed by atoms with E-state index in [4.69, 9.17) is 0 Å². The van der Waals surface area contributed by atoms with E-state index in [-0.39, 0.29) is 0 Å². The van der Waals surface area contributed by atoms with Crippen LogP contribution in [-0.4, -0.2) is 11.1 Å². The lowest BCUT2D eigenvalue weighted by atomic mass is 9.94. The first-order valence-corrected chi connectivity index (χ1v) is 11.8. The van der Waals surface area contributed by atoms with Crippen LogP contribution in [0.1, 0.15) is 10.4 Å². The molecule has 154 valence electrons. The van der Waals surface area contributed by atoms with E-state index in [1.807, 2.05) is 36.4 Å². The Hall–Kier alpha value is -3.74. The van der Waals surface area contributed by atoms with Crippen LogP contribution in [0.4, 0.5) is 0 Å². The molecule has 5 aromatic carbocycles. The normalized spacial score (nSPS) is 11.0. The number of rotatable bonds is 5. The molecular formula is C29H21O2P. The van der Waals surface area contributed by atoms with Gasteiger partial charge >= 0.3 is 5.97 Å².